The summed E-state index contributed by atoms with van der Waals surface area (Å²) in [6, 6.07) is 14.5. The number of methoxy groups -OCH3 is 3. The van der Waals surface area contributed by atoms with Crippen LogP contribution in [0.1, 0.15) is 33.9 Å². The second-order valence-corrected chi connectivity index (χ2v) is 9.16. The summed E-state index contributed by atoms with van der Waals surface area (Å²) in [5.41, 5.74) is 3.41. The minimum atomic E-state index is -0.836. The zero-order valence-electron chi connectivity index (χ0n) is 22.1. The number of carbonyl (C=O) groups excluding carboxylic acids is 2. The Balaban J connectivity index is 1.78. The molecule has 2 N–H and O–H groups in total. The molecule has 0 aromatic heterocycles. The van der Waals surface area contributed by atoms with Crippen molar-refractivity contribution in [1.29, 1.82) is 0 Å². The Morgan fingerprint density at radius 2 is 1.50 bits per heavy atom. The van der Waals surface area contributed by atoms with Gasteiger partial charge in [0.25, 0.3) is 11.7 Å². The van der Waals surface area contributed by atoms with Crippen LogP contribution >= 0.6 is 0 Å². The van der Waals surface area contributed by atoms with Gasteiger partial charge in [-0.2, -0.15) is 0 Å². The minimum Gasteiger partial charge on any atom is -0.508 e. The van der Waals surface area contributed by atoms with Gasteiger partial charge in [-0.3, -0.25) is 9.59 Å². The summed E-state index contributed by atoms with van der Waals surface area (Å²) in [5, 5.41) is 21.3. The van der Waals surface area contributed by atoms with Crippen LogP contribution < -0.4 is 14.2 Å². The molecule has 0 saturated carbocycles. The molecule has 1 amide bonds. The molecule has 38 heavy (non-hydrogen) atoms. The number of phenolic OH excluding ortho intramolecular Hbond substituents is 1. The summed E-state index contributed by atoms with van der Waals surface area (Å²) < 4.78 is 16.1. The van der Waals surface area contributed by atoms with E-state index in [1.807, 2.05) is 19.1 Å². The number of nitrogens with zero attached hydrogens (tertiary/aromatic N) is 1. The Kier molecular flexibility index (Phi) is 7.62. The Labute approximate surface area is 221 Å². The molecule has 0 radical (unpaired) electrons. The van der Waals surface area contributed by atoms with Crippen molar-refractivity contribution in [3.05, 3.63) is 88.0 Å². The highest BCUT2D eigenvalue weighted by atomic mass is 16.5. The molecule has 3 aromatic carbocycles. The summed E-state index contributed by atoms with van der Waals surface area (Å²) >= 11 is 0. The Hall–Kier alpha value is -4.46. The molecule has 1 atom stereocenters. The smallest absolute Gasteiger partial charge is 0.295 e. The number of benzene rings is 3. The lowest BCUT2D eigenvalue weighted by atomic mass is 9.93. The molecule has 0 aliphatic carbocycles. The van der Waals surface area contributed by atoms with E-state index in [9.17, 15) is 19.8 Å². The number of aryl methyl sites for hydroxylation is 2. The fraction of sp³-hybridized carbons (Fsp3) is 0.267. The quantitative estimate of drug-likeness (QED) is 0.254. The van der Waals surface area contributed by atoms with Gasteiger partial charge in [0.1, 0.15) is 17.3 Å². The summed E-state index contributed by atoms with van der Waals surface area (Å²) in [6.07, 6.45) is 0.433. The maximum Gasteiger partial charge on any atom is 0.295 e. The average molecular weight is 518 g/mol. The molecule has 1 unspecified atom stereocenters. The predicted octanol–water partition coefficient (Wildman–Crippen LogP) is 4.70. The monoisotopic (exact) mass is 517 g/mol. The standard InChI is InChI=1S/C30H31NO7/c1-17-15-24(37-4)18(2)14-22(17)28(33)26-27(20-7-9-21(32)10-8-20)31(30(35)29(26)34)13-12-19-6-11-23(36-3)25(16-19)38-5/h6-11,14-16,27,32-33H,12-13H2,1-5H3/b28-26+. The number of hydrogen-bond donors (Lipinski definition) is 2. The first-order chi connectivity index (χ1) is 18.2. The Morgan fingerprint density at radius 3 is 2.13 bits per heavy atom. The third kappa shape index (κ3) is 4.89. The van der Waals surface area contributed by atoms with Crippen molar-refractivity contribution in [1.82, 2.24) is 4.90 Å². The highest BCUT2D eigenvalue weighted by Crippen LogP contribution is 2.41. The molecular formula is C30H31NO7. The fourth-order valence-electron chi connectivity index (χ4n) is 4.81. The van der Waals surface area contributed by atoms with Crippen LogP contribution in [0.15, 0.2) is 60.2 Å². The lowest BCUT2D eigenvalue weighted by Gasteiger charge is -2.26. The zero-order chi connectivity index (χ0) is 27.6. The number of likely N-dealkylation sites (tertiary alicyclic amines) is 1. The van der Waals surface area contributed by atoms with Crippen LogP contribution in [0.3, 0.4) is 0 Å². The summed E-state index contributed by atoms with van der Waals surface area (Å²) in [7, 11) is 4.67. The summed E-state index contributed by atoms with van der Waals surface area (Å²) in [6.45, 7) is 3.86. The lowest BCUT2D eigenvalue weighted by Crippen LogP contribution is -2.31. The number of carbonyl (C=O) groups is 2. The van der Waals surface area contributed by atoms with E-state index < -0.39 is 17.7 Å². The number of amides is 1. The SMILES string of the molecule is COc1cc(C)c(/C(O)=C2\C(=O)C(=O)N(CCc3ccc(OC)c(OC)c3)C2c2ccc(O)cc2)cc1C. The summed E-state index contributed by atoms with van der Waals surface area (Å²) in [5.74, 6) is 0.146. The maximum absolute atomic E-state index is 13.4. The molecule has 4 rings (SSSR count). The number of rotatable bonds is 8. The van der Waals surface area contributed by atoms with Crippen molar-refractivity contribution in [2.24, 2.45) is 0 Å². The molecule has 1 fully saturated rings. The number of ether oxygens (including phenoxy) is 3. The number of aromatic hydroxyl groups is 1. The molecule has 1 aliphatic heterocycles. The van der Waals surface area contributed by atoms with E-state index in [2.05, 4.69) is 0 Å². The number of aliphatic hydroxyl groups is 1. The zero-order valence-corrected chi connectivity index (χ0v) is 22.1. The molecule has 1 aliphatic rings. The molecule has 0 bridgehead atoms. The maximum atomic E-state index is 13.4. The van der Waals surface area contributed by atoms with Crippen LogP contribution in [0.4, 0.5) is 0 Å². The molecule has 3 aromatic rings. The van der Waals surface area contributed by atoms with Crippen molar-refractivity contribution >= 4 is 17.4 Å². The van der Waals surface area contributed by atoms with Crippen molar-refractivity contribution < 1.29 is 34.0 Å². The molecule has 8 nitrogen and oxygen atoms in total. The molecule has 198 valence electrons. The van der Waals surface area contributed by atoms with Crippen LogP contribution in [0.5, 0.6) is 23.0 Å². The van der Waals surface area contributed by atoms with Gasteiger partial charge in [-0.1, -0.05) is 18.2 Å². The molecule has 1 saturated heterocycles. The first-order valence-corrected chi connectivity index (χ1v) is 12.1. The van der Waals surface area contributed by atoms with E-state index in [1.165, 1.54) is 17.0 Å². The van der Waals surface area contributed by atoms with Crippen molar-refractivity contribution in [2.45, 2.75) is 26.3 Å². The number of phenols is 1. The van der Waals surface area contributed by atoms with Gasteiger partial charge in [-0.25, -0.2) is 0 Å². The predicted molar refractivity (Wildman–Crippen MR) is 143 cm³/mol. The third-order valence-corrected chi connectivity index (χ3v) is 6.84. The lowest BCUT2D eigenvalue weighted by molar-refractivity contribution is -0.139. The van der Waals surface area contributed by atoms with Crippen LogP contribution in [0.25, 0.3) is 5.76 Å². The summed E-state index contributed by atoms with van der Waals surface area (Å²) in [4.78, 5) is 28.2. The van der Waals surface area contributed by atoms with E-state index in [0.29, 0.717) is 40.4 Å². The van der Waals surface area contributed by atoms with Gasteiger partial charge < -0.3 is 29.3 Å². The van der Waals surface area contributed by atoms with Gasteiger partial charge >= 0.3 is 0 Å². The van der Waals surface area contributed by atoms with E-state index in [4.69, 9.17) is 14.2 Å². The van der Waals surface area contributed by atoms with Gasteiger partial charge in [0.2, 0.25) is 0 Å². The first-order valence-electron chi connectivity index (χ1n) is 12.1. The van der Waals surface area contributed by atoms with E-state index >= 15 is 0 Å². The van der Waals surface area contributed by atoms with E-state index in [-0.39, 0.29) is 23.6 Å². The van der Waals surface area contributed by atoms with Crippen molar-refractivity contribution in [2.75, 3.05) is 27.9 Å². The van der Waals surface area contributed by atoms with Gasteiger partial charge in [0, 0.05) is 12.1 Å². The topological polar surface area (TPSA) is 106 Å². The highest BCUT2D eigenvalue weighted by molar-refractivity contribution is 6.46. The van der Waals surface area contributed by atoms with Crippen LogP contribution in [0, 0.1) is 13.8 Å². The number of ketones is 1. The number of aliphatic hydroxyl groups excluding tert-OH is 1. The van der Waals surface area contributed by atoms with Gasteiger partial charge in [0.05, 0.1) is 32.9 Å². The molecule has 1 heterocycles. The third-order valence-electron chi connectivity index (χ3n) is 6.84. The molecular weight excluding hydrogens is 486 g/mol. The van der Waals surface area contributed by atoms with Gasteiger partial charge in [0.15, 0.2) is 11.5 Å². The fourth-order valence-corrected chi connectivity index (χ4v) is 4.81. The molecule has 0 spiro atoms. The second kappa shape index (κ2) is 10.9. The van der Waals surface area contributed by atoms with Crippen LogP contribution in [-0.4, -0.2) is 54.7 Å². The van der Waals surface area contributed by atoms with Crippen molar-refractivity contribution in [3.8, 4) is 23.0 Å². The minimum absolute atomic E-state index is 0.000619. The molecule has 8 heteroatoms. The highest BCUT2D eigenvalue weighted by Gasteiger charge is 2.46. The van der Waals surface area contributed by atoms with Crippen LogP contribution in [0.2, 0.25) is 0 Å². The van der Waals surface area contributed by atoms with E-state index in [1.54, 1.807) is 58.6 Å². The Morgan fingerprint density at radius 1 is 0.842 bits per heavy atom. The average Bonchev–Trinajstić information content (AvgIpc) is 3.17. The van der Waals surface area contributed by atoms with Gasteiger partial charge in [-0.05, 0) is 78.9 Å². The second-order valence-electron chi connectivity index (χ2n) is 9.16. The van der Waals surface area contributed by atoms with E-state index in [0.717, 1.165) is 11.1 Å². The number of hydrogen-bond acceptors (Lipinski definition) is 7. The largest absolute Gasteiger partial charge is 0.508 e. The van der Waals surface area contributed by atoms with Crippen LogP contribution in [-0.2, 0) is 16.0 Å². The Bertz CT molecular complexity index is 1410. The number of Topliss-reactive ketones (excluding diaryl/α,β-unsaturated/α-hetero) is 1. The normalized spacial score (nSPS) is 16.6. The van der Waals surface area contributed by atoms with Crippen molar-refractivity contribution in [3.63, 3.8) is 0 Å². The first kappa shape index (κ1) is 26.6. The van der Waals surface area contributed by atoms with Gasteiger partial charge in [-0.15, -0.1) is 0 Å².